The lowest BCUT2D eigenvalue weighted by molar-refractivity contribution is -0.135. The molecule has 2 aliphatic heterocycles. The Labute approximate surface area is 133 Å². The van der Waals surface area contributed by atoms with E-state index in [4.69, 9.17) is 5.73 Å². The Bertz CT molecular complexity index is 492. The van der Waals surface area contributed by atoms with Crippen molar-refractivity contribution in [1.29, 1.82) is 0 Å². The molecule has 2 fully saturated rings. The van der Waals surface area contributed by atoms with Gasteiger partial charge in [-0.2, -0.15) is 0 Å². The van der Waals surface area contributed by atoms with E-state index in [1.54, 1.807) is 4.90 Å². The van der Waals surface area contributed by atoms with Crippen LogP contribution in [0.25, 0.3) is 0 Å². The van der Waals surface area contributed by atoms with Crippen LogP contribution in [-0.4, -0.2) is 73.4 Å². The third kappa shape index (κ3) is 4.20. The Hall–Kier alpha value is -0.660. The van der Waals surface area contributed by atoms with Gasteiger partial charge >= 0.3 is 0 Å². The first-order valence-corrected chi connectivity index (χ1v) is 10.2. The Kier molecular flexibility index (Phi) is 5.85. The maximum Gasteiger partial charge on any atom is 0.237 e. The molecule has 0 saturated carbocycles. The van der Waals surface area contributed by atoms with Crippen LogP contribution in [0, 0.1) is 0 Å². The Balaban J connectivity index is 1.99. The molecule has 6 nitrogen and oxygen atoms in total. The highest BCUT2D eigenvalue weighted by Gasteiger charge is 2.35. The van der Waals surface area contributed by atoms with Crippen LogP contribution in [0.5, 0.6) is 0 Å². The van der Waals surface area contributed by atoms with Gasteiger partial charge in [0.15, 0.2) is 9.84 Å². The van der Waals surface area contributed by atoms with Crippen LogP contribution >= 0.6 is 0 Å². The van der Waals surface area contributed by atoms with Gasteiger partial charge in [0.1, 0.15) is 0 Å². The number of hydrogen-bond donors (Lipinski definition) is 1. The monoisotopic (exact) mass is 331 g/mol. The molecule has 128 valence electrons. The molecule has 22 heavy (non-hydrogen) atoms. The fourth-order valence-electron chi connectivity index (χ4n) is 3.73. The first-order valence-electron chi connectivity index (χ1n) is 8.33. The van der Waals surface area contributed by atoms with E-state index < -0.39 is 9.84 Å². The minimum absolute atomic E-state index is 0.0390. The molecule has 2 saturated heterocycles. The standard InChI is InChI=1S/C15H29N3O3S/c1-3-18(13-7-9-22(20,21)11-13)15(19)10-17-8-5-4-6-14(17)12(2)16/h12-14H,3-11,16H2,1-2H3. The number of carbonyl (C=O) groups excluding carboxylic acids is 1. The van der Waals surface area contributed by atoms with Crippen LogP contribution in [0.1, 0.15) is 39.5 Å². The van der Waals surface area contributed by atoms with Crippen molar-refractivity contribution in [1.82, 2.24) is 9.80 Å². The van der Waals surface area contributed by atoms with Gasteiger partial charge in [0.25, 0.3) is 0 Å². The molecule has 0 aliphatic carbocycles. The Morgan fingerprint density at radius 3 is 2.64 bits per heavy atom. The zero-order valence-corrected chi connectivity index (χ0v) is 14.5. The average molecular weight is 331 g/mol. The van der Waals surface area contributed by atoms with Crippen molar-refractivity contribution in [3.8, 4) is 0 Å². The van der Waals surface area contributed by atoms with Crippen LogP contribution in [0.3, 0.4) is 0 Å². The summed E-state index contributed by atoms with van der Waals surface area (Å²) in [6.45, 7) is 5.74. The Morgan fingerprint density at radius 2 is 2.09 bits per heavy atom. The number of nitrogens with two attached hydrogens (primary N) is 1. The molecule has 0 aromatic heterocycles. The number of nitrogens with zero attached hydrogens (tertiary/aromatic N) is 2. The molecule has 7 heteroatoms. The van der Waals surface area contributed by atoms with Crippen LogP contribution in [-0.2, 0) is 14.6 Å². The van der Waals surface area contributed by atoms with Gasteiger partial charge in [0, 0.05) is 24.7 Å². The molecule has 2 rings (SSSR count). The normalized spacial score (nSPS) is 30.1. The minimum atomic E-state index is -2.97. The number of carbonyl (C=O) groups is 1. The summed E-state index contributed by atoms with van der Waals surface area (Å²) < 4.78 is 23.3. The highest BCUT2D eigenvalue weighted by molar-refractivity contribution is 7.91. The molecule has 0 radical (unpaired) electrons. The van der Waals surface area contributed by atoms with E-state index in [0.29, 0.717) is 19.5 Å². The third-order valence-corrected chi connectivity index (χ3v) is 6.67. The topological polar surface area (TPSA) is 83.7 Å². The van der Waals surface area contributed by atoms with Gasteiger partial charge in [0.05, 0.1) is 18.1 Å². The maximum absolute atomic E-state index is 12.7. The van der Waals surface area contributed by atoms with Crippen molar-refractivity contribution in [3.63, 3.8) is 0 Å². The number of piperidine rings is 1. The number of sulfone groups is 1. The molecule has 2 N–H and O–H groups in total. The van der Waals surface area contributed by atoms with Crippen molar-refractivity contribution in [3.05, 3.63) is 0 Å². The first-order chi connectivity index (χ1) is 10.3. The lowest BCUT2D eigenvalue weighted by atomic mass is 9.97. The SMILES string of the molecule is CCN(C(=O)CN1CCCCC1C(C)N)C1CCS(=O)(=O)C1. The predicted molar refractivity (Wildman–Crippen MR) is 87.3 cm³/mol. The summed E-state index contributed by atoms with van der Waals surface area (Å²) in [6.07, 6.45) is 3.86. The molecular formula is C15H29N3O3S. The second kappa shape index (κ2) is 7.27. The largest absolute Gasteiger partial charge is 0.338 e. The van der Waals surface area contributed by atoms with Gasteiger partial charge < -0.3 is 10.6 Å². The zero-order chi connectivity index (χ0) is 16.3. The summed E-state index contributed by atoms with van der Waals surface area (Å²) in [6, 6.07) is 0.153. The fraction of sp³-hybridized carbons (Fsp3) is 0.933. The lowest BCUT2D eigenvalue weighted by Gasteiger charge is -2.39. The Morgan fingerprint density at radius 1 is 1.36 bits per heavy atom. The van der Waals surface area contributed by atoms with Crippen molar-refractivity contribution >= 4 is 15.7 Å². The maximum atomic E-state index is 12.7. The molecule has 0 aromatic rings. The van der Waals surface area contributed by atoms with E-state index in [1.807, 2.05) is 13.8 Å². The second-order valence-electron chi connectivity index (χ2n) is 6.63. The highest BCUT2D eigenvalue weighted by atomic mass is 32.2. The molecule has 2 aliphatic rings. The fourth-order valence-corrected chi connectivity index (χ4v) is 5.46. The summed E-state index contributed by atoms with van der Waals surface area (Å²) in [4.78, 5) is 16.6. The van der Waals surface area contributed by atoms with Crippen LogP contribution in [0.4, 0.5) is 0 Å². The van der Waals surface area contributed by atoms with E-state index in [0.717, 1.165) is 25.8 Å². The molecule has 0 bridgehead atoms. The van der Waals surface area contributed by atoms with E-state index in [2.05, 4.69) is 4.90 Å². The van der Waals surface area contributed by atoms with E-state index in [9.17, 15) is 13.2 Å². The van der Waals surface area contributed by atoms with Crippen LogP contribution in [0.15, 0.2) is 0 Å². The van der Waals surface area contributed by atoms with E-state index in [1.165, 1.54) is 0 Å². The number of amides is 1. The summed E-state index contributed by atoms with van der Waals surface area (Å²) in [5, 5.41) is 0. The van der Waals surface area contributed by atoms with Crippen molar-refractivity contribution in [2.45, 2.75) is 57.7 Å². The molecular weight excluding hydrogens is 302 g/mol. The van der Waals surface area contributed by atoms with E-state index >= 15 is 0 Å². The molecule has 1 amide bonds. The summed E-state index contributed by atoms with van der Waals surface area (Å²) in [7, 11) is -2.97. The van der Waals surface area contributed by atoms with Crippen molar-refractivity contribution in [2.24, 2.45) is 5.73 Å². The molecule has 3 unspecified atom stereocenters. The third-order valence-electron chi connectivity index (χ3n) is 4.92. The smallest absolute Gasteiger partial charge is 0.237 e. The molecule has 3 atom stereocenters. The van der Waals surface area contributed by atoms with E-state index in [-0.39, 0.29) is 35.5 Å². The molecule has 2 heterocycles. The summed E-state index contributed by atoms with van der Waals surface area (Å²) in [5.41, 5.74) is 6.05. The van der Waals surface area contributed by atoms with Crippen LogP contribution in [0.2, 0.25) is 0 Å². The first kappa shape index (κ1) is 17.7. The molecule has 0 aromatic carbocycles. The van der Waals surface area contributed by atoms with Gasteiger partial charge in [0.2, 0.25) is 5.91 Å². The predicted octanol–water partition coefficient (Wildman–Crippen LogP) is 0.224. The number of hydrogen-bond acceptors (Lipinski definition) is 5. The zero-order valence-electron chi connectivity index (χ0n) is 13.7. The minimum Gasteiger partial charge on any atom is -0.338 e. The summed E-state index contributed by atoms with van der Waals surface area (Å²) >= 11 is 0. The lowest BCUT2D eigenvalue weighted by Crippen LogP contribution is -2.54. The number of likely N-dealkylation sites (tertiary alicyclic amines) is 1. The van der Waals surface area contributed by atoms with Crippen molar-refractivity contribution < 1.29 is 13.2 Å². The molecule has 0 spiro atoms. The summed E-state index contributed by atoms with van der Waals surface area (Å²) in [5.74, 6) is 0.355. The second-order valence-corrected chi connectivity index (χ2v) is 8.86. The average Bonchev–Trinajstić information content (AvgIpc) is 2.80. The van der Waals surface area contributed by atoms with Gasteiger partial charge in [-0.25, -0.2) is 8.42 Å². The highest BCUT2D eigenvalue weighted by Crippen LogP contribution is 2.21. The van der Waals surface area contributed by atoms with Gasteiger partial charge in [-0.3, -0.25) is 9.69 Å². The number of likely N-dealkylation sites (N-methyl/N-ethyl adjacent to an activating group) is 1. The quantitative estimate of drug-likeness (QED) is 0.779. The number of rotatable bonds is 5. The van der Waals surface area contributed by atoms with Crippen LogP contribution < -0.4 is 5.73 Å². The van der Waals surface area contributed by atoms with Gasteiger partial charge in [-0.15, -0.1) is 0 Å². The van der Waals surface area contributed by atoms with Gasteiger partial charge in [-0.05, 0) is 39.7 Å². The van der Waals surface area contributed by atoms with Crippen molar-refractivity contribution in [2.75, 3.05) is 31.1 Å². The van der Waals surface area contributed by atoms with Gasteiger partial charge in [-0.1, -0.05) is 6.42 Å².